The fourth-order valence-corrected chi connectivity index (χ4v) is 2.58. The minimum atomic E-state index is -0.0769. The molecule has 0 fully saturated rings. The molecule has 28 heavy (non-hydrogen) atoms. The molecule has 0 saturated carbocycles. The lowest BCUT2D eigenvalue weighted by Crippen LogP contribution is -2.14. The number of aromatic amines is 1. The van der Waals surface area contributed by atoms with Crippen molar-refractivity contribution in [2.75, 3.05) is 11.9 Å². The van der Waals surface area contributed by atoms with Crippen LogP contribution in [0.1, 0.15) is 25.2 Å². The molecule has 0 spiro atoms. The van der Waals surface area contributed by atoms with Crippen molar-refractivity contribution in [3.8, 4) is 17.1 Å². The van der Waals surface area contributed by atoms with Crippen LogP contribution < -0.4 is 15.8 Å². The number of carbonyl (C=O) groups excluding carboxylic acids is 1. The summed E-state index contributed by atoms with van der Waals surface area (Å²) in [4.78, 5) is 16.6. The zero-order valence-corrected chi connectivity index (χ0v) is 16.1. The summed E-state index contributed by atoms with van der Waals surface area (Å²) in [5.41, 5.74) is 8.04. The molecule has 0 radical (unpaired) electrons. The standard InChI is InChI=1S/C21H25N5O2/c1-14(2)13-28-18-9-3-15(4-10-18)11-20(27)23-17-7-5-16(6-8-17)21-24-19(12-22)25-26-21/h3-10,14H,11-13,22H2,1-2H3,(H,23,27)(H,24,25,26). The van der Waals surface area contributed by atoms with Gasteiger partial charge in [0.2, 0.25) is 5.91 Å². The van der Waals surface area contributed by atoms with Crippen LogP contribution >= 0.6 is 0 Å². The Hall–Kier alpha value is -3.19. The molecule has 7 nitrogen and oxygen atoms in total. The Bertz CT molecular complexity index is 901. The van der Waals surface area contributed by atoms with Crippen molar-refractivity contribution in [1.29, 1.82) is 0 Å². The number of H-pyrrole nitrogens is 1. The highest BCUT2D eigenvalue weighted by molar-refractivity contribution is 5.92. The Morgan fingerprint density at radius 3 is 2.46 bits per heavy atom. The lowest BCUT2D eigenvalue weighted by Gasteiger charge is -2.09. The molecular weight excluding hydrogens is 354 g/mol. The van der Waals surface area contributed by atoms with Gasteiger partial charge in [0.1, 0.15) is 11.6 Å². The number of carbonyl (C=O) groups is 1. The fourth-order valence-electron chi connectivity index (χ4n) is 2.58. The predicted octanol–water partition coefficient (Wildman–Crippen LogP) is 3.15. The van der Waals surface area contributed by atoms with Gasteiger partial charge in [0.15, 0.2) is 5.82 Å². The van der Waals surface area contributed by atoms with Crippen LogP contribution in [-0.4, -0.2) is 27.7 Å². The van der Waals surface area contributed by atoms with Gasteiger partial charge in [-0.3, -0.25) is 9.89 Å². The number of hydrogen-bond donors (Lipinski definition) is 3. The molecule has 4 N–H and O–H groups in total. The summed E-state index contributed by atoms with van der Waals surface area (Å²) in [5, 5.41) is 9.80. The molecule has 1 amide bonds. The number of hydrogen-bond acceptors (Lipinski definition) is 5. The van der Waals surface area contributed by atoms with Gasteiger partial charge in [-0.1, -0.05) is 26.0 Å². The Morgan fingerprint density at radius 2 is 1.86 bits per heavy atom. The van der Waals surface area contributed by atoms with E-state index in [0.717, 1.165) is 22.6 Å². The predicted molar refractivity (Wildman–Crippen MR) is 109 cm³/mol. The van der Waals surface area contributed by atoms with Crippen molar-refractivity contribution in [2.45, 2.75) is 26.8 Å². The van der Waals surface area contributed by atoms with Crippen molar-refractivity contribution in [3.05, 3.63) is 59.9 Å². The van der Waals surface area contributed by atoms with E-state index in [1.165, 1.54) is 0 Å². The lowest BCUT2D eigenvalue weighted by molar-refractivity contribution is -0.115. The summed E-state index contributed by atoms with van der Waals surface area (Å²) in [6, 6.07) is 15.0. The third-order valence-corrected chi connectivity index (χ3v) is 4.02. The first-order valence-corrected chi connectivity index (χ1v) is 9.27. The topological polar surface area (TPSA) is 106 Å². The van der Waals surface area contributed by atoms with Gasteiger partial charge in [-0.05, 0) is 47.9 Å². The summed E-state index contributed by atoms with van der Waals surface area (Å²) in [6.45, 7) is 5.20. The van der Waals surface area contributed by atoms with Crippen LogP contribution in [0, 0.1) is 5.92 Å². The number of nitrogens with one attached hydrogen (secondary N) is 2. The quantitative estimate of drug-likeness (QED) is 0.557. The first kappa shape index (κ1) is 19.6. The molecule has 7 heteroatoms. The van der Waals surface area contributed by atoms with E-state index in [0.29, 0.717) is 37.1 Å². The van der Waals surface area contributed by atoms with Gasteiger partial charge in [-0.15, -0.1) is 0 Å². The number of nitrogens with two attached hydrogens (primary N) is 1. The normalized spacial score (nSPS) is 10.9. The van der Waals surface area contributed by atoms with Gasteiger partial charge in [0.05, 0.1) is 19.6 Å². The van der Waals surface area contributed by atoms with Gasteiger partial charge < -0.3 is 15.8 Å². The molecule has 0 unspecified atom stereocenters. The molecule has 1 heterocycles. The summed E-state index contributed by atoms with van der Waals surface area (Å²) < 4.78 is 5.66. The highest BCUT2D eigenvalue weighted by atomic mass is 16.5. The average Bonchev–Trinajstić information content (AvgIpc) is 3.17. The molecule has 0 atom stereocenters. The highest BCUT2D eigenvalue weighted by Crippen LogP contribution is 2.18. The number of rotatable bonds is 8. The molecule has 146 valence electrons. The van der Waals surface area contributed by atoms with Crippen molar-refractivity contribution < 1.29 is 9.53 Å². The number of amides is 1. The third-order valence-electron chi connectivity index (χ3n) is 4.02. The van der Waals surface area contributed by atoms with Gasteiger partial charge in [0.25, 0.3) is 0 Å². The maximum atomic E-state index is 12.3. The van der Waals surface area contributed by atoms with Crippen LogP contribution in [0.5, 0.6) is 5.75 Å². The summed E-state index contributed by atoms with van der Waals surface area (Å²) in [5.74, 6) is 2.43. The first-order valence-electron chi connectivity index (χ1n) is 9.27. The number of ether oxygens (including phenoxy) is 1. The Balaban J connectivity index is 1.54. The highest BCUT2D eigenvalue weighted by Gasteiger charge is 2.08. The molecule has 2 aromatic carbocycles. The van der Waals surface area contributed by atoms with E-state index in [9.17, 15) is 4.79 Å². The van der Waals surface area contributed by atoms with Crippen molar-refractivity contribution >= 4 is 11.6 Å². The van der Waals surface area contributed by atoms with E-state index in [1.54, 1.807) is 0 Å². The number of benzene rings is 2. The maximum Gasteiger partial charge on any atom is 0.228 e. The smallest absolute Gasteiger partial charge is 0.228 e. The van der Waals surface area contributed by atoms with E-state index >= 15 is 0 Å². The second-order valence-corrected chi connectivity index (χ2v) is 6.96. The zero-order chi connectivity index (χ0) is 19.9. The molecule has 0 bridgehead atoms. The van der Waals surface area contributed by atoms with E-state index in [2.05, 4.69) is 34.3 Å². The van der Waals surface area contributed by atoms with Crippen LogP contribution in [0.25, 0.3) is 11.4 Å². The summed E-state index contributed by atoms with van der Waals surface area (Å²) >= 11 is 0. The molecular formula is C21H25N5O2. The fraction of sp³-hybridized carbons (Fsp3) is 0.286. The third kappa shape index (κ3) is 5.40. The number of anilines is 1. The van der Waals surface area contributed by atoms with E-state index in [-0.39, 0.29) is 5.91 Å². The van der Waals surface area contributed by atoms with Crippen LogP contribution in [0.2, 0.25) is 0 Å². The second-order valence-electron chi connectivity index (χ2n) is 6.96. The SMILES string of the molecule is CC(C)COc1ccc(CC(=O)Nc2ccc(-c3n[nH]c(CN)n3)cc2)cc1. The number of nitrogens with zero attached hydrogens (tertiary/aromatic N) is 2. The Morgan fingerprint density at radius 1 is 1.14 bits per heavy atom. The van der Waals surface area contributed by atoms with Crippen LogP contribution in [0.3, 0.4) is 0 Å². The Labute approximate surface area is 164 Å². The molecule has 0 aliphatic carbocycles. The van der Waals surface area contributed by atoms with E-state index in [4.69, 9.17) is 10.5 Å². The zero-order valence-electron chi connectivity index (χ0n) is 16.1. The monoisotopic (exact) mass is 379 g/mol. The van der Waals surface area contributed by atoms with E-state index in [1.807, 2.05) is 48.5 Å². The summed E-state index contributed by atoms with van der Waals surface area (Å²) in [7, 11) is 0. The minimum absolute atomic E-state index is 0.0769. The van der Waals surface area contributed by atoms with Crippen molar-refractivity contribution in [1.82, 2.24) is 15.2 Å². The second kappa shape index (κ2) is 9.14. The number of aromatic nitrogens is 3. The molecule has 0 saturated heterocycles. The first-order chi connectivity index (χ1) is 13.5. The van der Waals surface area contributed by atoms with Gasteiger partial charge in [-0.25, -0.2) is 4.98 Å². The molecule has 0 aliphatic heterocycles. The maximum absolute atomic E-state index is 12.3. The van der Waals surface area contributed by atoms with Crippen molar-refractivity contribution in [2.24, 2.45) is 11.7 Å². The van der Waals surface area contributed by atoms with E-state index < -0.39 is 0 Å². The van der Waals surface area contributed by atoms with Crippen LogP contribution in [0.15, 0.2) is 48.5 Å². The van der Waals surface area contributed by atoms with Crippen molar-refractivity contribution in [3.63, 3.8) is 0 Å². The van der Waals surface area contributed by atoms with Gasteiger partial charge in [-0.2, -0.15) is 5.10 Å². The lowest BCUT2D eigenvalue weighted by atomic mass is 10.1. The molecule has 1 aromatic heterocycles. The van der Waals surface area contributed by atoms with Crippen LogP contribution in [-0.2, 0) is 17.8 Å². The minimum Gasteiger partial charge on any atom is -0.493 e. The van der Waals surface area contributed by atoms with Gasteiger partial charge in [0, 0.05) is 11.3 Å². The average molecular weight is 379 g/mol. The summed E-state index contributed by atoms with van der Waals surface area (Å²) in [6.07, 6.45) is 0.299. The van der Waals surface area contributed by atoms with Gasteiger partial charge >= 0.3 is 0 Å². The molecule has 3 rings (SSSR count). The molecule has 0 aliphatic rings. The largest absolute Gasteiger partial charge is 0.493 e. The van der Waals surface area contributed by atoms with Crippen LogP contribution in [0.4, 0.5) is 5.69 Å². The Kier molecular flexibility index (Phi) is 6.39. The molecule has 3 aromatic rings.